The van der Waals surface area contributed by atoms with Crippen molar-refractivity contribution in [1.82, 2.24) is 5.43 Å². The molecule has 1 aromatic rings. The quantitative estimate of drug-likeness (QED) is 0.640. The van der Waals surface area contributed by atoms with Crippen LogP contribution < -0.4 is 10.3 Å². The van der Waals surface area contributed by atoms with E-state index in [9.17, 15) is 4.79 Å². The standard InChI is InChI=1S/C12H14N4O2/c13-6-5-11(17)15-14-9-10-3-4-12(18-10)16-7-1-2-8-16/h3-4,9H,1-2,5,7-8H2,(H,15,17)/b14-9-. The van der Waals surface area contributed by atoms with Crippen molar-refractivity contribution in [3.63, 3.8) is 0 Å². The van der Waals surface area contributed by atoms with Crippen LogP contribution in [0.1, 0.15) is 25.0 Å². The molecule has 6 nitrogen and oxygen atoms in total. The number of amides is 1. The molecule has 1 saturated heterocycles. The van der Waals surface area contributed by atoms with E-state index in [1.54, 1.807) is 12.1 Å². The highest BCUT2D eigenvalue weighted by Gasteiger charge is 2.14. The summed E-state index contributed by atoms with van der Waals surface area (Å²) in [7, 11) is 0. The van der Waals surface area contributed by atoms with Crippen molar-refractivity contribution >= 4 is 18.0 Å². The number of hydrogen-bond acceptors (Lipinski definition) is 5. The highest BCUT2D eigenvalue weighted by molar-refractivity contribution is 5.81. The van der Waals surface area contributed by atoms with Crippen LogP contribution in [0.5, 0.6) is 0 Å². The van der Waals surface area contributed by atoms with Crippen LogP contribution in [-0.2, 0) is 4.79 Å². The largest absolute Gasteiger partial charge is 0.440 e. The van der Waals surface area contributed by atoms with Gasteiger partial charge in [0, 0.05) is 19.2 Å². The van der Waals surface area contributed by atoms with E-state index in [-0.39, 0.29) is 6.42 Å². The monoisotopic (exact) mass is 246 g/mol. The van der Waals surface area contributed by atoms with Gasteiger partial charge in [-0.25, -0.2) is 5.43 Å². The highest BCUT2D eigenvalue weighted by atomic mass is 16.4. The van der Waals surface area contributed by atoms with Gasteiger partial charge in [-0.15, -0.1) is 0 Å². The smallest absolute Gasteiger partial charge is 0.254 e. The first kappa shape index (κ1) is 12.2. The van der Waals surface area contributed by atoms with Gasteiger partial charge in [0.05, 0.1) is 12.3 Å². The van der Waals surface area contributed by atoms with Crippen LogP contribution in [0.2, 0.25) is 0 Å². The third-order valence-corrected chi connectivity index (χ3v) is 2.65. The first-order chi connectivity index (χ1) is 8.79. The summed E-state index contributed by atoms with van der Waals surface area (Å²) in [6, 6.07) is 5.43. The second-order valence-electron chi connectivity index (χ2n) is 4.00. The molecule has 1 N–H and O–H groups in total. The maximum atomic E-state index is 11.0. The summed E-state index contributed by atoms with van der Waals surface area (Å²) in [4.78, 5) is 13.1. The number of carbonyl (C=O) groups excluding carboxylic acids is 1. The van der Waals surface area contributed by atoms with E-state index < -0.39 is 5.91 Å². The molecular formula is C12H14N4O2. The van der Waals surface area contributed by atoms with E-state index >= 15 is 0 Å². The Bertz CT molecular complexity index is 481. The summed E-state index contributed by atoms with van der Waals surface area (Å²) in [5.74, 6) is 0.978. The minimum atomic E-state index is -0.430. The van der Waals surface area contributed by atoms with Gasteiger partial charge in [0.25, 0.3) is 5.91 Å². The van der Waals surface area contributed by atoms with Gasteiger partial charge < -0.3 is 9.32 Å². The molecule has 0 aromatic carbocycles. The van der Waals surface area contributed by atoms with Gasteiger partial charge in [-0.3, -0.25) is 4.79 Å². The van der Waals surface area contributed by atoms with Gasteiger partial charge >= 0.3 is 0 Å². The molecule has 0 radical (unpaired) electrons. The second kappa shape index (κ2) is 5.87. The Balaban J connectivity index is 1.88. The minimum absolute atomic E-state index is 0.200. The summed E-state index contributed by atoms with van der Waals surface area (Å²) >= 11 is 0. The number of nitrogens with one attached hydrogen (secondary N) is 1. The topological polar surface area (TPSA) is 81.6 Å². The first-order valence-corrected chi connectivity index (χ1v) is 5.83. The van der Waals surface area contributed by atoms with Crippen LogP contribution in [0, 0.1) is 11.3 Å². The average molecular weight is 246 g/mol. The van der Waals surface area contributed by atoms with Gasteiger partial charge in [0.2, 0.25) is 0 Å². The van der Waals surface area contributed by atoms with E-state index in [4.69, 9.17) is 9.68 Å². The zero-order valence-corrected chi connectivity index (χ0v) is 9.93. The Morgan fingerprint density at radius 3 is 3.06 bits per heavy atom. The zero-order chi connectivity index (χ0) is 12.8. The third kappa shape index (κ3) is 3.10. The molecule has 1 fully saturated rings. The average Bonchev–Trinajstić information content (AvgIpc) is 2.99. The molecule has 94 valence electrons. The Morgan fingerprint density at radius 2 is 2.33 bits per heavy atom. The SMILES string of the molecule is N#CCC(=O)N/N=C\c1ccc(N2CCCC2)o1. The fourth-order valence-electron chi connectivity index (χ4n) is 1.80. The van der Waals surface area contributed by atoms with Crippen molar-refractivity contribution in [2.75, 3.05) is 18.0 Å². The van der Waals surface area contributed by atoms with Gasteiger partial charge in [-0.2, -0.15) is 10.4 Å². The van der Waals surface area contributed by atoms with Gasteiger partial charge in [0.15, 0.2) is 5.88 Å². The van der Waals surface area contributed by atoms with E-state index in [0.717, 1.165) is 19.0 Å². The van der Waals surface area contributed by atoms with Crippen LogP contribution in [0.15, 0.2) is 21.7 Å². The van der Waals surface area contributed by atoms with Crippen molar-refractivity contribution in [3.8, 4) is 6.07 Å². The minimum Gasteiger partial charge on any atom is -0.440 e. The maximum absolute atomic E-state index is 11.0. The lowest BCUT2D eigenvalue weighted by Gasteiger charge is -2.12. The molecule has 18 heavy (non-hydrogen) atoms. The van der Waals surface area contributed by atoms with Crippen LogP contribution in [0.25, 0.3) is 0 Å². The Labute approximate surface area is 105 Å². The maximum Gasteiger partial charge on any atom is 0.254 e. The molecule has 2 heterocycles. The number of hydrazone groups is 1. The molecular weight excluding hydrogens is 232 g/mol. The highest BCUT2D eigenvalue weighted by Crippen LogP contribution is 2.21. The number of furan rings is 1. The van der Waals surface area contributed by atoms with Crippen LogP contribution in [0.4, 0.5) is 5.88 Å². The second-order valence-corrected chi connectivity index (χ2v) is 4.00. The fraction of sp³-hybridized carbons (Fsp3) is 0.417. The predicted octanol–water partition coefficient (Wildman–Crippen LogP) is 1.24. The summed E-state index contributed by atoms with van der Waals surface area (Å²) in [6.07, 6.45) is 3.60. The number of carbonyl (C=O) groups is 1. The van der Waals surface area contributed by atoms with Crippen molar-refractivity contribution in [2.24, 2.45) is 5.10 Å². The summed E-state index contributed by atoms with van der Waals surface area (Å²) in [5, 5.41) is 12.0. The first-order valence-electron chi connectivity index (χ1n) is 5.83. The van der Waals surface area contributed by atoms with Crippen LogP contribution >= 0.6 is 0 Å². The van der Waals surface area contributed by atoms with Crippen molar-refractivity contribution in [3.05, 3.63) is 17.9 Å². The van der Waals surface area contributed by atoms with Crippen LogP contribution in [0.3, 0.4) is 0 Å². The van der Waals surface area contributed by atoms with Crippen molar-refractivity contribution < 1.29 is 9.21 Å². The van der Waals surface area contributed by atoms with Gasteiger partial charge in [-0.05, 0) is 18.9 Å². The van der Waals surface area contributed by atoms with Gasteiger partial charge in [-0.1, -0.05) is 0 Å². The molecule has 2 rings (SSSR count). The Morgan fingerprint density at radius 1 is 1.56 bits per heavy atom. The number of anilines is 1. The summed E-state index contributed by atoms with van der Waals surface area (Å²) < 4.78 is 5.57. The Hall–Kier alpha value is -2.29. The normalized spacial score (nSPS) is 14.9. The number of rotatable bonds is 4. The molecule has 0 atom stereocenters. The molecule has 0 saturated carbocycles. The molecule has 1 amide bonds. The molecule has 0 unspecified atom stereocenters. The molecule has 1 aliphatic rings. The Kier molecular flexibility index (Phi) is 3.97. The van der Waals surface area contributed by atoms with E-state index in [1.165, 1.54) is 19.1 Å². The molecule has 1 aliphatic heterocycles. The lowest BCUT2D eigenvalue weighted by molar-refractivity contribution is -0.120. The predicted molar refractivity (Wildman–Crippen MR) is 66.1 cm³/mol. The number of nitrogens with zero attached hydrogens (tertiary/aromatic N) is 3. The zero-order valence-electron chi connectivity index (χ0n) is 9.93. The molecule has 6 heteroatoms. The van der Waals surface area contributed by atoms with Crippen molar-refractivity contribution in [2.45, 2.75) is 19.3 Å². The fourth-order valence-corrected chi connectivity index (χ4v) is 1.80. The molecule has 1 aromatic heterocycles. The number of hydrogen-bond donors (Lipinski definition) is 1. The molecule has 0 bridgehead atoms. The third-order valence-electron chi connectivity index (χ3n) is 2.65. The lowest BCUT2D eigenvalue weighted by Crippen LogP contribution is -2.16. The molecule has 0 aliphatic carbocycles. The van der Waals surface area contributed by atoms with Crippen molar-refractivity contribution in [1.29, 1.82) is 5.26 Å². The van der Waals surface area contributed by atoms with E-state index in [1.807, 2.05) is 6.07 Å². The van der Waals surface area contributed by atoms with Crippen LogP contribution in [-0.4, -0.2) is 25.2 Å². The summed E-state index contributed by atoms with van der Waals surface area (Å²) in [6.45, 7) is 2.03. The van der Waals surface area contributed by atoms with E-state index in [2.05, 4.69) is 15.4 Å². The van der Waals surface area contributed by atoms with E-state index in [0.29, 0.717) is 5.76 Å². The lowest BCUT2D eigenvalue weighted by atomic mass is 10.4. The molecule has 0 spiro atoms. The van der Waals surface area contributed by atoms with Gasteiger partial charge in [0.1, 0.15) is 12.2 Å². The number of nitriles is 1. The summed E-state index contributed by atoms with van der Waals surface area (Å²) in [5.41, 5.74) is 2.25.